The average molecular weight is 365 g/mol. The van der Waals surface area contributed by atoms with E-state index in [2.05, 4.69) is 20.8 Å². The number of rotatable bonds is 6. The molecule has 0 aromatic heterocycles. The summed E-state index contributed by atoms with van der Waals surface area (Å²) in [6.45, 7) is 1.32. The molecule has 0 spiro atoms. The fourth-order valence-corrected chi connectivity index (χ4v) is 2.54. The minimum Gasteiger partial charge on any atom is -0.492 e. The van der Waals surface area contributed by atoms with Gasteiger partial charge in [0.25, 0.3) is 0 Å². The summed E-state index contributed by atoms with van der Waals surface area (Å²) in [5.41, 5.74) is 7.66. The number of benzene rings is 2. The van der Waals surface area contributed by atoms with Crippen LogP contribution in [0.3, 0.4) is 0 Å². The van der Waals surface area contributed by atoms with E-state index in [4.69, 9.17) is 22.7 Å². The lowest BCUT2D eigenvalue weighted by atomic mass is 10.1. The molecule has 0 atom stereocenters. The van der Waals surface area contributed by atoms with E-state index < -0.39 is 0 Å². The van der Waals surface area contributed by atoms with Gasteiger partial charge < -0.3 is 15.4 Å². The number of ether oxygens (including phenoxy) is 1. The third-order valence-corrected chi connectivity index (χ3v) is 3.79. The normalized spacial score (nSPS) is 10.2. The quantitative estimate of drug-likeness (QED) is 0.794. The van der Waals surface area contributed by atoms with Crippen LogP contribution in [0.4, 0.5) is 5.69 Å². The molecule has 2 N–H and O–H groups in total. The molecule has 5 heteroatoms. The van der Waals surface area contributed by atoms with Crippen molar-refractivity contribution in [3.8, 4) is 5.75 Å². The standard InChI is InChI=1S/C16H17BrN2OS/c1-19(15-8-3-2-7-14(15)16(18)21)9-10-20-13-6-4-5-12(17)11-13/h2-8,11H,9-10H2,1H3,(H2,18,21). The first-order chi connectivity index (χ1) is 10.1. The van der Waals surface area contributed by atoms with Gasteiger partial charge in [0, 0.05) is 22.8 Å². The van der Waals surface area contributed by atoms with Crippen LogP contribution in [0.25, 0.3) is 0 Å². The maximum atomic E-state index is 5.76. The summed E-state index contributed by atoms with van der Waals surface area (Å²) in [7, 11) is 2.00. The summed E-state index contributed by atoms with van der Waals surface area (Å²) >= 11 is 8.51. The largest absolute Gasteiger partial charge is 0.492 e. The maximum Gasteiger partial charge on any atom is 0.120 e. The van der Waals surface area contributed by atoms with Crippen LogP contribution in [0, 0.1) is 0 Å². The third-order valence-electron chi connectivity index (χ3n) is 3.07. The zero-order valence-electron chi connectivity index (χ0n) is 11.8. The molecule has 0 aliphatic heterocycles. The molecule has 2 aromatic rings. The molecule has 2 rings (SSSR count). The van der Waals surface area contributed by atoms with E-state index >= 15 is 0 Å². The predicted octanol–water partition coefficient (Wildman–Crippen LogP) is 3.60. The molecule has 0 bridgehead atoms. The number of hydrogen-bond acceptors (Lipinski definition) is 3. The lowest BCUT2D eigenvalue weighted by molar-refractivity contribution is 0.326. The van der Waals surface area contributed by atoms with Crippen molar-refractivity contribution < 1.29 is 4.74 Å². The highest BCUT2D eigenvalue weighted by molar-refractivity contribution is 9.10. The number of anilines is 1. The Morgan fingerprint density at radius 2 is 2.00 bits per heavy atom. The lowest BCUT2D eigenvalue weighted by Crippen LogP contribution is -2.26. The molecule has 0 saturated carbocycles. The predicted molar refractivity (Wildman–Crippen MR) is 95.2 cm³/mol. The van der Waals surface area contributed by atoms with Crippen molar-refractivity contribution in [3.05, 3.63) is 58.6 Å². The van der Waals surface area contributed by atoms with Crippen molar-refractivity contribution >= 4 is 38.8 Å². The molecular formula is C16H17BrN2OS. The zero-order chi connectivity index (χ0) is 15.2. The Hall–Kier alpha value is -1.59. The number of hydrogen-bond donors (Lipinski definition) is 1. The number of thiocarbonyl (C=S) groups is 1. The number of para-hydroxylation sites is 1. The van der Waals surface area contributed by atoms with Gasteiger partial charge in [0.1, 0.15) is 17.3 Å². The summed E-state index contributed by atoms with van der Waals surface area (Å²) < 4.78 is 6.75. The van der Waals surface area contributed by atoms with Gasteiger partial charge in [0.2, 0.25) is 0 Å². The van der Waals surface area contributed by atoms with E-state index in [-0.39, 0.29) is 0 Å². The van der Waals surface area contributed by atoms with Gasteiger partial charge >= 0.3 is 0 Å². The monoisotopic (exact) mass is 364 g/mol. The van der Waals surface area contributed by atoms with Crippen molar-refractivity contribution in [1.82, 2.24) is 0 Å². The van der Waals surface area contributed by atoms with Crippen molar-refractivity contribution in [1.29, 1.82) is 0 Å². The fourth-order valence-electron chi connectivity index (χ4n) is 1.99. The van der Waals surface area contributed by atoms with Gasteiger partial charge in [-0.2, -0.15) is 0 Å². The Labute approximate surface area is 138 Å². The van der Waals surface area contributed by atoms with Crippen LogP contribution in [0.1, 0.15) is 5.56 Å². The number of halogens is 1. The second kappa shape index (κ2) is 7.43. The fraction of sp³-hybridized carbons (Fsp3) is 0.188. The molecule has 0 radical (unpaired) electrons. The highest BCUT2D eigenvalue weighted by atomic mass is 79.9. The molecule has 0 aliphatic carbocycles. The van der Waals surface area contributed by atoms with Crippen LogP contribution in [0.2, 0.25) is 0 Å². The van der Waals surface area contributed by atoms with Gasteiger partial charge in [-0.05, 0) is 30.3 Å². The van der Waals surface area contributed by atoms with Gasteiger partial charge in [-0.25, -0.2) is 0 Å². The van der Waals surface area contributed by atoms with Crippen LogP contribution in [0.5, 0.6) is 5.75 Å². The van der Waals surface area contributed by atoms with Gasteiger partial charge in [0.05, 0.1) is 6.54 Å². The second-order valence-electron chi connectivity index (χ2n) is 4.61. The molecule has 2 aromatic carbocycles. The summed E-state index contributed by atoms with van der Waals surface area (Å²) in [4.78, 5) is 2.50. The summed E-state index contributed by atoms with van der Waals surface area (Å²) in [5, 5.41) is 0. The van der Waals surface area contributed by atoms with Gasteiger partial charge in [-0.15, -0.1) is 0 Å². The summed E-state index contributed by atoms with van der Waals surface area (Å²) in [5.74, 6) is 0.848. The Morgan fingerprint density at radius 1 is 1.24 bits per heavy atom. The third kappa shape index (κ3) is 4.44. The average Bonchev–Trinajstić information content (AvgIpc) is 2.47. The van der Waals surface area contributed by atoms with Gasteiger partial charge in [-0.1, -0.05) is 46.3 Å². The van der Waals surface area contributed by atoms with Crippen LogP contribution in [0.15, 0.2) is 53.0 Å². The number of likely N-dealkylation sites (N-methyl/N-ethyl adjacent to an activating group) is 1. The SMILES string of the molecule is CN(CCOc1cccc(Br)c1)c1ccccc1C(N)=S. The summed E-state index contributed by atoms with van der Waals surface area (Å²) in [6.07, 6.45) is 0. The second-order valence-corrected chi connectivity index (χ2v) is 5.96. The first kappa shape index (κ1) is 15.8. The van der Waals surface area contributed by atoms with Crippen molar-refractivity contribution in [2.75, 3.05) is 25.1 Å². The highest BCUT2D eigenvalue weighted by Gasteiger charge is 2.08. The van der Waals surface area contributed by atoms with E-state index in [0.29, 0.717) is 11.6 Å². The molecule has 110 valence electrons. The maximum absolute atomic E-state index is 5.76. The van der Waals surface area contributed by atoms with Crippen LogP contribution in [-0.4, -0.2) is 25.2 Å². The smallest absolute Gasteiger partial charge is 0.120 e. The van der Waals surface area contributed by atoms with E-state index in [1.54, 1.807) is 0 Å². The molecular weight excluding hydrogens is 348 g/mol. The van der Waals surface area contributed by atoms with E-state index in [0.717, 1.165) is 28.0 Å². The molecule has 0 fully saturated rings. The first-order valence-electron chi connectivity index (χ1n) is 6.56. The Morgan fingerprint density at radius 3 is 2.71 bits per heavy atom. The van der Waals surface area contributed by atoms with E-state index in [1.807, 2.05) is 55.6 Å². The Bertz CT molecular complexity index is 633. The van der Waals surface area contributed by atoms with Gasteiger partial charge in [-0.3, -0.25) is 0 Å². The molecule has 3 nitrogen and oxygen atoms in total. The van der Waals surface area contributed by atoms with E-state index in [9.17, 15) is 0 Å². The molecule has 0 heterocycles. The van der Waals surface area contributed by atoms with Crippen molar-refractivity contribution in [2.45, 2.75) is 0 Å². The molecule has 0 aliphatic rings. The highest BCUT2D eigenvalue weighted by Crippen LogP contribution is 2.20. The molecule has 0 saturated heterocycles. The number of nitrogens with two attached hydrogens (primary N) is 1. The minimum atomic E-state index is 0.408. The number of nitrogens with zero attached hydrogens (tertiary/aromatic N) is 1. The molecule has 21 heavy (non-hydrogen) atoms. The topological polar surface area (TPSA) is 38.5 Å². The lowest BCUT2D eigenvalue weighted by Gasteiger charge is -2.22. The minimum absolute atomic E-state index is 0.408. The molecule has 0 amide bonds. The van der Waals surface area contributed by atoms with Crippen LogP contribution < -0.4 is 15.4 Å². The van der Waals surface area contributed by atoms with Crippen molar-refractivity contribution in [2.24, 2.45) is 5.73 Å². The molecule has 0 unspecified atom stereocenters. The van der Waals surface area contributed by atoms with Gasteiger partial charge in [0.15, 0.2) is 0 Å². The zero-order valence-corrected chi connectivity index (χ0v) is 14.2. The summed E-state index contributed by atoms with van der Waals surface area (Å²) in [6, 6.07) is 15.7. The Kier molecular flexibility index (Phi) is 5.59. The Balaban J connectivity index is 1.96. The van der Waals surface area contributed by atoms with Crippen LogP contribution >= 0.6 is 28.1 Å². The van der Waals surface area contributed by atoms with E-state index in [1.165, 1.54) is 0 Å². The van der Waals surface area contributed by atoms with Crippen molar-refractivity contribution in [3.63, 3.8) is 0 Å². The first-order valence-corrected chi connectivity index (χ1v) is 7.76. The van der Waals surface area contributed by atoms with Crippen LogP contribution in [-0.2, 0) is 0 Å².